The first-order chi connectivity index (χ1) is 13.9. The lowest BCUT2D eigenvalue weighted by molar-refractivity contribution is -0.137. The van der Waals surface area contributed by atoms with E-state index >= 15 is 0 Å². The van der Waals surface area contributed by atoms with E-state index in [1.165, 1.54) is 12.1 Å². The average molecular weight is 396 g/mol. The van der Waals surface area contributed by atoms with Crippen LogP contribution in [0.2, 0.25) is 0 Å². The second kappa shape index (κ2) is 7.28. The van der Waals surface area contributed by atoms with Crippen molar-refractivity contribution in [3.05, 3.63) is 77.5 Å². The van der Waals surface area contributed by atoms with Crippen molar-refractivity contribution < 1.29 is 17.6 Å². The standard InChI is InChI=1S/C23H19F3N2O/c1-3-15-9-10-17(18(13-15)23(24,25)26)19-11-12-20(29-19)22-27-14(2)21(28-22)16-7-5-4-6-8-16/h4-13H,3H2,1-2H3,(H,27,28). The van der Waals surface area contributed by atoms with Crippen LogP contribution >= 0.6 is 0 Å². The highest BCUT2D eigenvalue weighted by Gasteiger charge is 2.34. The average Bonchev–Trinajstić information content (AvgIpc) is 3.34. The minimum atomic E-state index is -4.46. The highest BCUT2D eigenvalue weighted by molar-refractivity contribution is 5.69. The van der Waals surface area contributed by atoms with Crippen LogP contribution in [-0.2, 0) is 12.6 Å². The predicted molar refractivity (Wildman–Crippen MR) is 106 cm³/mol. The number of furan rings is 1. The number of nitrogens with zero attached hydrogens (tertiary/aromatic N) is 1. The summed E-state index contributed by atoms with van der Waals surface area (Å²) in [4.78, 5) is 7.74. The first-order valence-electron chi connectivity index (χ1n) is 9.29. The highest BCUT2D eigenvalue weighted by atomic mass is 19.4. The fourth-order valence-electron chi connectivity index (χ4n) is 3.32. The summed E-state index contributed by atoms with van der Waals surface area (Å²) < 4.78 is 46.5. The molecule has 1 N–H and O–H groups in total. The molecule has 148 valence electrons. The van der Waals surface area contributed by atoms with Crippen molar-refractivity contribution in [1.82, 2.24) is 9.97 Å². The van der Waals surface area contributed by atoms with E-state index in [0.29, 0.717) is 23.6 Å². The summed E-state index contributed by atoms with van der Waals surface area (Å²) in [5.41, 5.74) is 2.54. The van der Waals surface area contributed by atoms with Crippen LogP contribution in [0.1, 0.15) is 23.7 Å². The first-order valence-corrected chi connectivity index (χ1v) is 9.29. The number of aromatic nitrogens is 2. The Labute approximate surface area is 166 Å². The molecule has 0 atom stereocenters. The summed E-state index contributed by atoms with van der Waals surface area (Å²) in [5.74, 6) is 1.02. The number of alkyl halides is 3. The zero-order chi connectivity index (χ0) is 20.6. The Kier molecular flexibility index (Phi) is 4.78. The zero-order valence-corrected chi connectivity index (χ0v) is 16.0. The van der Waals surface area contributed by atoms with Crippen LogP contribution in [0.5, 0.6) is 0 Å². The van der Waals surface area contributed by atoms with E-state index < -0.39 is 11.7 Å². The predicted octanol–water partition coefficient (Wildman–Crippen LogP) is 6.89. The van der Waals surface area contributed by atoms with Gasteiger partial charge < -0.3 is 9.40 Å². The minimum Gasteiger partial charge on any atom is -0.453 e. The number of halogens is 3. The highest BCUT2D eigenvalue weighted by Crippen LogP contribution is 2.39. The summed E-state index contributed by atoms with van der Waals surface area (Å²) >= 11 is 0. The Morgan fingerprint density at radius 3 is 2.38 bits per heavy atom. The maximum atomic E-state index is 13.6. The summed E-state index contributed by atoms with van der Waals surface area (Å²) in [6.07, 6.45) is -3.93. The van der Waals surface area contributed by atoms with Crippen molar-refractivity contribution >= 4 is 0 Å². The largest absolute Gasteiger partial charge is 0.453 e. The molecule has 4 aromatic rings. The third-order valence-electron chi connectivity index (χ3n) is 4.83. The lowest BCUT2D eigenvalue weighted by atomic mass is 10.0. The Bertz CT molecular complexity index is 1140. The fraction of sp³-hybridized carbons (Fsp3) is 0.174. The van der Waals surface area contributed by atoms with Gasteiger partial charge in [0.05, 0.1) is 11.3 Å². The molecule has 0 amide bonds. The molecule has 3 nitrogen and oxygen atoms in total. The minimum absolute atomic E-state index is 0.0208. The van der Waals surface area contributed by atoms with Crippen molar-refractivity contribution in [1.29, 1.82) is 0 Å². The molecule has 0 saturated heterocycles. The van der Waals surface area contributed by atoms with Crippen LogP contribution in [0.3, 0.4) is 0 Å². The van der Waals surface area contributed by atoms with Crippen molar-refractivity contribution in [3.63, 3.8) is 0 Å². The molecule has 0 aliphatic heterocycles. The number of nitrogens with one attached hydrogen (secondary N) is 1. The zero-order valence-electron chi connectivity index (χ0n) is 16.0. The Hall–Kier alpha value is -3.28. The lowest BCUT2D eigenvalue weighted by Gasteiger charge is -2.12. The number of hydrogen-bond acceptors (Lipinski definition) is 2. The molecule has 0 unspecified atom stereocenters. The van der Waals surface area contributed by atoms with Crippen LogP contribution in [-0.4, -0.2) is 9.97 Å². The molecule has 2 aromatic heterocycles. The van der Waals surface area contributed by atoms with Gasteiger partial charge in [-0.05, 0) is 37.1 Å². The van der Waals surface area contributed by atoms with Gasteiger partial charge in [-0.15, -0.1) is 0 Å². The first kappa shape index (κ1) is 19.1. The van der Waals surface area contributed by atoms with E-state index in [2.05, 4.69) is 9.97 Å². The van der Waals surface area contributed by atoms with Gasteiger partial charge in [-0.2, -0.15) is 13.2 Å². The topological polar surface area (TPSA) is 41.8 Å². The van der Waals surface area contributed by atoms with E-state index in [1.807, 2.05) is 44.2 Å². The van der Waals surface area contributed by atoms with Crippen LogP contribution in [0.25, 0.3) is 34.2 Å². The molecule has 0 saturated carbocycles. The van der Waals surface area contributed by atoms with Crippen molar-refractivity contribution in [2.24, 2.45) is 0 Å². The third kappa shape index (κ3) is 3.70. The quantitative estimate of drug-likeness (QED) is 0.408. The molecule has 0 radical (unpaired) electrons. The van der Waals surface area contributed by atoms with E-state index in [-0.39, 0.29) is 11.3 Å². The molecule has 0 aliphatic rings. The molecule has 0 spiro atoms. The molecule has 0 aliphatic carbocycles. The number of hydrogen-bond donors (Lipinski definition) is 1. The van der Waals surface area contributed by atoms with Gasteiger partial charge in [0.25, 0.3) is 0 Å². The van der Waals surface area contributed by atoms with E-state index in [4.69, 9.17) is 4.42 Å². The Balaban J connectivity index is 1.74. The summed E-state index contributed by atoms with van der Waals surface area (Å²) in [6.45, 7) is 3.72. The third-order valence-corrected chi connectivity index (χ3v) is 4.83. The van der Waals surface area contributed by atoms with Gasteiger partial charge in [-0.25, -0.2) is 4.98 Å². The molecule has 29 heavy (non-hydrogen) atoms. The van der Waals surface area contributed by atoms with E-state index in [9.17, 15) is 13.2 Å². The Morgan fingerprint density at radius 1 is 0.966 bits per heavy atom. The van der Waals surface area contributed by atoms with Crippen molar-refractivity contribution in [2.75, 3.05) is 0 Å². The fourth-order valence-corrected chi connectivity index (χ4v) is 3.32. The molecule has 0 fully saturated rings. The SMILES string of the molecule is CCc1ccc(-c2ccc(-c3nc(-c4ccccc4)c(C)[nH]3)o2)c(C(F)(F)F)c1. The molecular weight excluding hydrogens is 377 g/mol. The monoisotopic (exact) mass is 396 g/mol. The van der Waals surface area contributed by atoms with Gasteiger partial charge >= 0.3 is 6.18 Å². The number of aromatic amines is 1. The number of benzene rings is 2. The van der Waals surface area contributed by atoms with Gasteiger partial charge in [0.15, 0.2) is 11.6 Å². The molecule has 6 heteroatoms. The molecule has 2 heterocycles. The smallest absolute Gasteiger partial charge is 0.417 e. The second-order valence-corrected chi connectivity index (χ2v) is 6.82. The Morgan fingerprint density at radius 2 is 1.69 bits per heavy atom. The van der Waals surface area contributed by atoms with E-state index in [1.54, 1.807) is 18.2 Å². The van der Waals surface area contributed by atoms with Crippen molar-refractivity contribution in [3.8, 4) is 34.2 Å². The number of imidazole rings is 1. The van der Waals surface area contributed by atoms with Gasteiger partial charge in [-0.1, -0.05) is 49.4 Å². The van der Waals surface area contributed by atoms with E-state index in [0.717, 1.165) is 17.0 Å². The summed E-state index contributed by atoms with van der Waals surface area (Å²) in [5, 5.41) is 0. The maximum absolute atomic E-state index is 13.6. The van der Waals surface area contributed by atoms with Gasteiger partial charge in [-0.3, -0.25) is 0 Å². The van der Waals surface area contributed by atoms with Crippen LogP contribution in [0.4, 0.5) is 13.2 Å². The normalized spacial score (nSPS) is 11.8. The van der Waals surface area contributed by atoms with Crippen LogP contribution in [0.15, 0.2) is 65.1 Å². The van der Waals surface area contributed by atoms with Crippen LogP contribution < -0.4 is 0 Å². The van der Waals surface area contributed by atoms with Crippen molar-refractivity contribution in [2.45, 2.75) is 26.4 Å². The van der Waals surface area contributed by atoms with Gasteiger partial charge in [0.2, 0.25) is 0 Å². The number of aryl methyl sites for hydroxylation is 2. The number of H-pyrrole nitrogens is 1. The summed E-state index contributed by atoms with van der Waals surface area (Å²) in [7, 11) is 0. The lowest BCUT2D eigenvalue weighted by Crippen LogP contribution is -2.07. The number of rotatable bonds is 4. The van der Waals surface area contributed by atoms with Gasteiger partial charge in [0, 0.05) is 16.8 Å². The maximum Gasteiger partial charge on any atom is 0.417 e. The molecule has 0 bridgehead atoms. The van der Waals surface area contributed by atoms with Crippen LogP contribution in [0, 0.1) is 6.92 Å². The summed E-state index contributed by atoms with van der Waals surface area (Å²) in [6, 6.07) is 17.2. The second-order valence-electron chi connectivity index (χ2n) is 6.82. The molecular formula is C23H19F3N2O. The molecule has 2 aromatic carbocycles. The molecule has 4 rings (SSSR count). The van der Waals surface area contributed by atoms with Gasteiger partial charge in [0.1, 0.15) is 5.76 Å².